The highest BCUT2D eigenvalue weighted by Gasteiger charge is 2.19. The number of allylic oxidation sites excluding steroid dienone is 1. The Morgan fingerprint density at radius 1 is 0.893 bits per heavy atom. The molecule has 0 fully saturated rings. The molecule has 0 amide bonds. The van der Waals surface area contributed by atoms with Crippen LogP contribution in [0.2, 0.25) is 20.1 Å². The van der Waals surface area contributed by atoms with Crippen LogP contribution in [0.1, 0.15) is 30.9 Å². The molecule has 2 atom stereocenters. The topological polar surface area (TPSA) is 18.5 Å². The minimum atomic E-state index is -0.0212. The lowest BCUT2D eigenvalue weighted by Gasteiger charge is -2.25. The van der Waals surface area contributed by atoms with Crippen LogP contribution in [0.3, 0.4) is 0 Å². The summed E-state index contributed by atoms with van der Waals surface area (Å²) < 4.78 is 12.0. The van der Waals surface area contributed by atoms with Crippen molar-refractivity contribution in [3.05, 3.63) is 80.3 Å². The first-order valence-corrected chi connectivity index (χ1v) is 10.6. The number of halogens is 4. The maximum atomic E-state index is 6.25. The van der Waals surface area contributed by atoms with Crippen LogP contribution in [-0.2, 0) is 22.7 Å². The fourth-order valence-corrected chi connectivity index (χ4v) is 3.81. The first-order valence-electron chi connectivity index (χ1n) is 9.10. The van der Waals surface area contributed by atoms with Crippen LogP contribution in [0.15, 0.2) is 49.1 Å². The van der Waals surface area contributed by atoms with Crippen LogP contribution in [0, 0.1) is 5.92 Å². The van der Waals surface area contributed by atoms with Crippen molar-refractivity contribution >= 4 is 46.4 Å². The summed E-state index contributed by atoms with van der Waals surface area (Å²) >= 11 is 24.9. The molecule has 0 spiro atoms. The average Bonchev–Trinajstić information content (AvgIpc) is 2.66. The van der Waals surface area contributed by atoms with Gasteiger partial charge in [0.15, 0.2) is 0 Å². The number of hydrogen-bond acceptors (Lipinski definition) is 2. The third-order valence-corrected chi connectivity index (χ3v) is 5.90. The molecule has 0 aliphatic rings. The van der Waals surface area contributed by atoms with Crippen LogP contribution in [-0.4, -0.2) is 12.7 Å². The van der Waals surface area contributed by atoms with Crippen molar-refractivity contribution in [2.75, 3.05) is 6.61 Å². The van der Waals surface area contributed by atoms with E-state index in [0.29, 0.717) is 39.9 Å². The summed E-state index contributed by atoms with van der Waals surface area (Å²) in [5, 5.41) is 2.42. The van der Waals surface area contributed by atoms with Crippen LogP contribution in [0.5, 0.6) is 0 Å². The Hall–Kier alpha value is -0.740. The lowest BCUT2D eigenvalue weighted by atomic mass is 10.0. The molecule has 152 valence electrons. The second kappa shape index (κ2) is 12.1. The first kappa shape index (κ1) is 23.5. The van der Waals surface area contributed by atoms with Gasteiger partial charge in [0.05, 0.1) is 25.9 Å². The molecule has 28 heavy (non-hydrogen) atoms. The minimum absolute atomic E-state index is 0.0212. The summed E-state index contributed by atoms with van der Waals surface area (Å²) in [5.74, 6) is 0.155. The van der Waals surface area contributed by atoms with Gasteiger partial charge in [-0.05, 0) is 37.1 Å². The lowest BCUT2D eigenvalue weighted by Crippen LogP contribution is -2.26. The standard InChI is InChI=1S/C22H24Cl4O2/c1-3-4-11-22(28-14-17-20(25)9-6-10-21(17)26)15(2)12-27-13-16-18(23)7-5-8-19(16)24/h3,5-10,15,22H,1,4,11-14H2,2H3/t15-,22+/m0/s1. The zero-order valence-electron chi connectivity index (χ0n) is 15.8. The molecule has 0 unspecified atom stereocenters. The van der Waals surface area contributed by atoms with Crippen molar-refractivity contribution in [1.29, 1.82) is 0 Å². The van der Waals surface area contributed by atoms with E-state index in [-0.39, 0.29) is 12.0 Å². The van der Waals surface area contributed by atoms with Crippen molar-refractivity contribution in [3.63, 3.8) is 0 Å². The molecule has 0 radical (unpaired) electrons. The highest BCUT2D eigenvalue weighted by atomic mass is 35.5. The van der Waals surface area contributed by atoms with Crippen LogP contribution < -0.4 is 0 Å². The molecule has 2 rings (SSSR count). The zero-order chi connectivity index (χ0) is 20.5. The maximum absolute atomic E-state index is 6.25. The molecule has 0 bridgehead atoms. The highest BCUT2D eigenvalue weighted by molar-refractivity contribution is 6.36. The van der Waals surface area contributed by atoms with Gasteiger partial charge in [0.25, 0.3) is 0 Å². The molecule has 0 N–H and O–H groups in total. The smallest absolute Gasteiger partial charge is 0.0749 e. The predicted molar refractivity (Wildman–Crippen MR) is 120 cm³/mol. The van der Waals surface area contributed by atoms with Crippen molar-refractivity contribution in [1.82, 2.24) is 0 Å². The van der Waals surface area contributed by atoms with E-state index in [2.05, 4.69) is 13.5 Å². The maximum Gasteiger partial charge on any atom is 0.0749 e. The Kier molecular flexibility index (Phi) is 10.1. The molecule has 2 aromatic rings. The third kappa shape index (κ3) is 6.95. The van der Waals surface area contributed by atoms with Crippen molar-refractivity contribution in [2.45, 2.75) is 39.1 Å². The zero-order valence-corrected chi connectivity index (χ0v) is 18.8. The van der Waals surface area contributed by atoms with Gasteiger partial charge in [-0.2, -0.15) is 0 Å². The summed E-state index contributed by atoms with van der Waals surface area (Å²) in [6.07, 6.45) is 3.55. The first-order chi connectivity index (χ1) is 13.4. The largest absolute Gasteiger partial charge is 0.376 e. The Labute approximate surface area is 187 Å². The van der Waals surface area contributed by atoms with Crippen molar-refractivity contribution in [2.24, 2.45) is 5.92 Å². The molecular weight excluding hydrogens is 438 g/mol. The summed E-state index contributed by atoms with van der Waals surface area (Å²) in [4.78, 5) is 0. The third-order valence-electron chi connectivity index (χ3n) is 4.48. The Morgan fingerprint density at radius 3 is 1.89 bits per heavy atom. The Bertz CT molecular complexity index is 739. The van der Waals surface area contributed by atoms with Crippen LogP contribution in [0.25, 0.3) is 0 Å². The van der Waals surface area contributed by atoms with Gasteiger partial charge in [-0.25, -0.2) is 0 Å². The fraction of sp³-hybridized carbons (Fsp3) is 0.364. The molecule has 0 aromatic heterocycles. The van der Waals surface area contributed by atoms with Gasteiger partial charge in [-0.1, -0.05) is 71.5 Å². The normalized spacial score (nSPS) is 13.3. The molecule has 0 saturated heterocycles. The van der Waals surface area contributed by atoms with E-state index >= 15 is 0 Å². The molecule has 2 aromatic carbocycles. The monoisotopic (exact) mass is 460 g/mol. The quantitative estimate of drug-likeness (QED) is 0.315. The van der Waals surface area contributed by atoms with Gasteiger partial charge >= 0.3 is 0 Å². The molecule has 2 nitrogen and oxygen atoms in total. The van der Waals surface area contributed by atoms with Crippen molar-refractivity contribution in [3.8, 4) is 0 Å². The van der Waals surface area contributed by atoms with E-state index in [9.17, 15) is 0 Å². The number of benzene rings is 2. The second-order valence-corrected chi connectivity index (χ2v) is 8.24. The van der Waals surface area contributed by atoms with Gasteiger partial charge in [-0.15, -0.1) is 6.58 Å². The van der Waals surface area contributed by atoms with Gasteiger partial charge in [0.2, 0.25) is 0 Å². The molecular formula is C22H24Cl4O2. The summed E-state index contributed by atoms with van der Waals surface area (Å²) in [6, 6.07) is 10.9. The Balaban J connectivity index is 1.94. The highest BCUT2D eigenvalue weighted by Crippen LogP contribution is 2.28. The molecule has 0 saturated carbocycles. The van der Waals surface area contributed by atoms with Gasteiger partial charge in [0.1, 0.15) is 0 Å². The molecule has 0 aliphatic heterocycles. The summed E-state index contributed by atoms with van der Waals surface area (Å²) in [5.41, 5.74) is 1.59. The second-order valence-electron chi connectivity index (χ2n) is 6.61. The number of hydrogen-bond donors (Lipinski definition) is 0. The average molecular weight is 462 g/mol. The molecule has 0 heterocycles. The van der Waals surface area contributed by atoms with Gasteiger partial charge in [0, 0.05) is 37.1 Å². The van der Waals surface area contributed by atoms with E-state index < -0.39 is 0 Å². The Morgan fingerprint density at radius 2 is 1.39 bits per heavy atom. The van der Waals surface area contributed by atoms with E-state index in [1.54, 1.807) is 12.1 Å². The number of rotatable bonds is 11. The van der Waals surface area contributed by atoms with E-state index in [1.807, 2.05) is 30.3 Å². The van der Waals surface area contributed by atoms with Crippen LogP contribution in [0.4, 0.5) is 0 Å². The van der Waals surface area contributed by atoms with E-state index in [4.69, 9.17) is 55.9 Å². The van der Waals surface area contributed by atoms with Gasteiger partial charge < -0.3 is 9.47 Å². The van der Waals surface area contributed by atoms with E-state index in [1.165, 1.54) is 0 Å². The molecule has 6 heteroatoms. The number of ether oxygens (including phenoxy) is 2. The lowest BCUT2D eigenvalue weighted by molar-refractivity contribution is -0.0315. The molecule has 0 aliphatic carbocycles. The fourth-order valence-electron chi connectivity index (χ4n) is 2.80. The minimum Gasteiger partial charge on any atom is -0.376 e. The van der Waals surface area contributed by atoms with E-state index in [0.717, 1.165) is 24.0 Å². The SMILES string of the molecule is C=CCC[C@@H](OCc1c(Cl)cccc1Cl)[C@@H](C)COCc1c(Cl)cccc1Cl. The van der Waals surface area contributed by atoms with Crippen molar-refractivity contribution < 1.29 is 9.47 Å². The van der Waals surface area contributed by atoms with Gasteiger partial charge in [-0.3, -0.25) is 0 Å². The van der Waals surface area contributed by atoms with Crippen LogP contribution >= 0.6 is 46.4 Å². The summed E-state index contributed by atoms with van der Waals surface area (Å²) in [6.45, 7) is 7.11. The summed E-state index contributed by atoms with van der Waals surface area (Å²) in [7, 11) is 0. The predicted octanol–water partition coefficient (Wildman–Crippen LogP) is 8.00.